The van der Waals surface area contributed by atoms with Gasteiger partial charge in [0.25, 0.3) is 0 Å². The number of aromatic nitrogens is 3. The van der Waals surface area contributed by atoms with Gasteiger partial charge in [-0.05, 0) is 50.1 Å². The smallest absolute Gasteiger partial charge is 0.312 e. The van der Waals surface area contributed by atoms with Crippen molar-refractivity contribution in [2.45, 2.75) is 26.7 Å². The number of nitrogens with one attached hydrogen (secondary N) is 2. The van der Waals surface area contributed by atoms with E-state index in [0.29, 0.717) is 23.6 Å². The van der Waals surface area contributed by atoms with Gasteiger partial charge in [-0.15, -0.1) is 0 Å². The highest BCUT2D eigenvalue weighted by atomic mass is 16.2. The van der Waals surface area contributed by atoms with E-state index in [1.54, 1.807) is 18.5 Å². The molecule has 0 saturated carbocycles. The molecule has 1 aliphatic rings. The minimum atomic E-state index is -0.425. The first-order valence-corrected chi connectivity index (χ1v) is 9.74. The molecular weight excluding hydrogens is 380 g/mol. The Labute approximate surface area is 174 Å². The van der Waals surface area contributed by atoms with Crippen LogP contribution >= 0.6 is 0 Å². The number of rotatable bonds is 4. The van der Waals surface area contributed by atoms with Crippen LogP contribution in [0.25, 0.3) is 11.3 Å². The van der Waals surface area contributed by atoms with Crippen LogP contribution in [0.3, 0.4) is 0 Å². The van der Waals surface area contributed by atoms with E-state index in [1.807, 2.05) is 43.0 Å². The first kappa shape index (κ1) is 19.5. The lowest BCUT2D eigenvalue weighted by atomic mass is 10.1. The van der Waals surface area contributed by atoms with Crippen molar-refractivity contribution < 1.29 is 9.59 Å². The molecule has 3 amide bonds. The second-order valence-electron chi connectivity index (χ2n) is 7.21. The monoisotopic (exact) mass is 402 g/mol. The number of anilines is 3. The Kier molecular flexibility index (Phi) is 5.38. The topological polar surface area (TPSA) is 100 Å². The minimum Gasteiger partial charge on any atom is -0.312 e. The van der Waals surface area contributed by atoms with Crippen molar-refractivity contribution in [3.63, 3.8) is 0 Å². The van der Waals surface area contributed by atoms with E-state index in [9.17, 15) is 9.59 Å². The number of hydrogen-bond acceptors (Lipinski definition) is 5. The molecule has 30 heavy (non-hydrogen) atoms. The summed E-state index contributed by atoms with van der Waals surface area (Å²) in [5.74, 6) is 0.494. The van der Waals surface area contributed by atoms with Gasteiger partial charge < -0.3 is 10.2 Å². The van der Waals surface area contributed by atoms with Gasteiger partial charge in [0.1, 0.15) is 0 Å². The highest BCUT2D eigenvalue weighted by molar-refractivity contribution is 5.99. The minimum absolute atomic E-state index is 0.159. The predicted molar refractivity (Wildman–Crippen MR) is 115 cm³/mol. The van der Waals surface area contributed by atoms with Gasteiger partial charge in [-0.1, -0.05) is 6.07 Å². The highest BCUT2D eigenvalue weighted by Crippen LogP contribution is 2.29. The third-order valence-corrected chi connectivity index (χ3v) is 4.90. The van der Waals surface area contributed by atoms with Crippen LogP contribution in [0.2, 0.25) is 0 Å². The molecule has 3 heterocycles. The van der Waals surface area contributed by atoms with Crippen molar-refractivity contribution in [3.8, 4) is 11.3 Å². The average Bonchev–Trinajstić information content (AvgIpc) is 3.15. The van der Waals surface area contributed by atoms with Crippen LogP contribution < -0.4 is 15.5 Å². The van der Waals surface area contributed by atoms with Crippen LogP contribution in [0.5, 0.6) is 0 Å². The number of nitrogens with zero attached hydrogens (tertiary/aromatic N) is 4. The van der Waals surface area contributed by atoms with E-state index in [1.165, 1.54) is 6.20 Å². The zero-order valence-electron chi connectivity index (χ0n) is 16.8. The molecule has 1 aromatic carbocycles. The highest BCUT2D eigenvalue weighted by Gasteiger charge is 2.23. The molecule has 0 radical (unpaired) electrons. The molecule has 0 aliphatic carbocycles. The number of urea groups is 1. The van der Waals surface area contributed by atoms with Crippen LogP contribution in [-0.4, -0.2) is 33.4 Å². The average molecular weight is 402 g/mol. The fraction of sp³-hybridized carbons (Fsp3) is 0.227. The molecule has 0 bridgehead atoms. The summed E-state index contributed by atoms with van der Waals surface area (Å²) in [5, 5.41) is 5.40. The van der Waals surface area contributed by atoms with Gasteiger partial charge in [-0.3, -0.25) is 20.1 Å². The summed E-state index contributed by atoms with van der Waals surface area (Å²) in [6.45, 7) is 4.61. The summed E-state index contributed by atoms with van der Waals surface area (Å²) in [6.07, 6.45) is 6.20. The maximum Gasteiger partial charge on any atom is 0.324 e. The maximum atomic E-state index is 12.2. The molecule has 0 atom stereocenters. The van der Waals surface area contributed by atoms with Gasteiger partial charge in [0.05, 0.1) is 30.0 Å². The lowest BCUT2D eigenvalue weighted by Crippen LogP contribution is -2.24. The molecule has 1 fully saturated rings. The molecule has 0 unspecified atom stereocenters. The third-order valence-electron chi connectivity index (χ3n) is 4.90. The molecule has 8 heteroatoms. The molecular formula is C22H22N6O2. The van der Waals surface area contributed by atoms with Gasteiger partial charge in [0.15, 0.2) is 5.82 Å². The van der Waals surface area contributed by atoms with E-state index in [4.69, 9.17) is 0 Å². The quantitative estimate of drug-likeness (QED) is 0.689. The number of amides is 3. The Morgan fingerprint density at radius 3 is 2.63 bits per heavy atom. The van der Waals surface area contributed by atoms with Crippen LogP contribution in [0.15, 0.2) is 48.9 Å². The second-order valence-corrected chi connectivity index (χ2v) is 7.21. The molecule has 0 spiro atoms. The van der Waals surface area contributed by atoms with Crippen molar-refractivity contribution in [2.75, 3.05) is 22.1 Å². The number of carbonyl (C=O) groups is 2. The Morgan fingerprint density at radius 1 is 1.07 bits per heavy atom. The lowest BCUT2D eigenvalue weighted by Gasteiger charge is -2.19. The molecule has 1 saturated heterocycles. The first-order chi connectivity index (χ1) is 14.5. The van der Waals surface area contributed by atoms with Gasteiger partial charge >= 0.3 is 6.03 Å². The van der Waals surface area contributed by atoms with Crippen LogP contribution in [0, 0.1) is 13.8 Å². The lowest BCUT2D eigenvalue weighted by molar-refractivity contribution is -0.117. The molecule has 2 aromatic heterocycles. The van der Waals surface area contributed by atoms with E-state index in [0.717, 1.165) is 35.5 Å². The third kappa shape index (κ3) is 4.27. The van der Waals surface area contributed by atoms with Crippen molar-refractivity contribution in [3.05, 3.63) is 60.2 Å². The molecule has 4 rings (SSSR count). The fourth-order valence-corrected chi connectivity index (χ4v) is 3.41. The van der Waals surface area contributed by atoms with Gasteiger partial charge in [-0.2, -0.15) is 0 Å². The van der Waals surface area contributed by atoms with Gasteiger partial charge in [-0.25, -0.2) is 9.78 Å². The van der Waals surface area contributed by atoms with Crippen LogP contribution in [0.4, 0.5) is 22.0 Å². The molecule has 3 aromatic rings. The van der Waals surface area contributed by atoms with Crippen LogP contribution in [-0.2, 0) is 4.79 Å². The Morgan fingerprint density at radius 2 is 1.93 bits per heavy atom. The standard InChI is InChI=1S/C22H22N6O2/c1-14-10-16(6-8-19(14)28-9-3-4-21(28)29)18-12-23-13-20(26-18)27-22(30)25-17-7-5-15(2)24-11-17/h5-8,10-13H,3-4,9H2,1-2H3,(H2,25,26,27,30). The first-order valence-electron chi connectivity index (χ1n) is 9.74. The summed E-state index contributed by atoms with van der Waals surface area (Å²) in [5.41, 5.74) is 4.87. The van der Waals surface area contributed by atoms with Crippen LogP contribution in [0.1, 0.15) is 24.1 Å². The van der Waals surface area contributed by atoms with E-state index in [-0.39, 0.29) is 5.91 Å². The fourth-order valence-electron chi connectivity index (χ4n) is 3.41. The Hall–Kier alpha value is -3.81. The molecule has 2 N–H and O–H groups in total. The number of aryl methyl sites for hydroxylation is 2. The van der Waals surface area contributed by atoms with Crippen molar-refractivity contribution in [1.29, 1.82) is 0 Å². The van der Waals surface area contributed by atoms with Gasteiger partial charge in [0, 0.05) is 29.9 Å². The molecule has 152 valence electrons. The SMILES string of the molecule is Cc1ccc(NC(=O)Nc2cncc(-c3ccc(N4CCCC4=O)c(C)c3)n2)cn1. The van der Waals surface area contributed by atoms with Crippen molar-refractivity contribution in [2.24, 2.45) is 0 Å². The molecule has 1 aliphatic heterocycles. The summed E-state index contributed by atoms with van der Waals surface area (Å²) in [6, 6.07) is 9.00. The summed E-state index contributed by atoms with van der Waals surface area (Å²) in [4.78, 5) is 38.9. The summed E-state index contributed by atoms with van der Waals surface area (Å²) >= 11 is 0. The Balaban J connectivity index is 1.49. The zero-order valence-corrected chi connectivity index (χ0v) is 16.8. The van der Waals surface area contributed by atoms with Crippen molar-refractivity contribution >= 4 is 29.1 Å². The number of carbonyl (C=O) groups excluding carboxylic acids is 2. The summed E-state index contributed by atoms with van der Waals surface area (Å²) < 4.78 is 0. The summed E-state index contributed by atoms with van der Waals surface area (Å²) in [7, 11) is 0. The second kappa shape index (κ2) is 8.28. The predicted octanol–water partition coefficient (Wildman–Crippen LogP) is 3.93. The van der Waals surface area contributed by atoms with E-state index >= 15 is 0 Å². The molecule has 8 nitrogen and oxygen atoms in total. The number of hydrogen-bond donors (Lipinski definition) is 2. The number of pyridine rings is 1. The maximum absolute atomic E-state index is 12.2. The van der Waals surface area contributed by atoms with Gasteiger partial charge in [0.2, 0.25) is 5.91 Å². The zero-order chi connectivity index (χ0) is 21.1. The van der Waals surface area contributed by atoms with Crippen molar-refractivity contribution in [1.82, 2.24) is 15.0 Å². The van der Waals surface area contributed by atoms with E-state index < -0.39 is 6.03 Å². The Bertz CT molecular complexity index is 1100. The van der Waals surface area contributed by atoms with E-state index in [2.05, 4.69) is 25.6 Å². The number of benzene rings is 1. The normalized spacial score (nSPS) is 13.4. The largest absolute Gasteiger partial charge is 0.324 e.